The monoisotopic (exact) mass is 312 g/mol. The van der Waals surface area contributed by atoms with Crippen LogP contribution >= 0.6 is 0 Å². The van der Waals surface area contributed by atoms with Gasteiger partial charge in [-0.25, -0.2) is 4.39 Å². The molecule has 1 unspecified atom stereocenters. The number of carbonyl (C=O) groups excluding carboxylic acids is 1. The van der Waals surface area contributed by atoms with Crippen LogP contribution in [0.3, 0.4) is 0 Å². The van der Waals surface area contributed by atoms with Gasteiger partial charge >= 0.3 is 0 Å². The Kier molecular flexibility index (Phi) is 4.33. The zero-order chi connectivity index (χ0) is 16.4. The van der Waals surface area contributed by atoms with E-state index in [0.29, 0.717) is 17.8 Å². The molecule has 1 heterocycles. The van der Waals surface area contributed by atoms with Gasteiger partial charge in [0.1, 0.15) is 5.82 Å². The van der Waals surface area contributed by atoms with Gasteiger partial charge in [-0.3, -0.25) is 4.79 Å². The predicted octanol–water partition coefficient (Wildman–Crippen LogP) is 4.08. The lowest BCUT2D eigenvalue weighted by atomic mass is 9.93. The van der Waals surface area contributed by atoms with E-state index in [0.717, 1.165) is 24.8 Å². The molecule has 3 nitrogen and oxygen atoms in total. The molecule has 120 valence electrons. The van der Waals surface area contributed by atoms with Gasteiger partial charge < -0.3 is 10.6 Å². The molecule has 0 radical (unpaired) electrons. The van der Waals surface area contributed by atoms with E-state index in [1.807, 2.05) is 24.3 Å². The average Bonchev–Trinajstić information content (AvgIpc) is 2.55. The lowest BCUT2D eigenvalue weighted by molar-refractivity contribution is 0.0606. The number of aryl methyl sites for hydroxylation is 1. The Morgan fingerprint density at radius 2 is 1.91 bits per heavy atom. The standard InChI is InChI=1S/C19H21FN2O/c1-13-5-4-6-16(20)18(13)19(23)22-12-3-2-7-17(22)14-8-10-15(21)11-9-14/h4-6,8-11,17H,2-3,7,12,21H2,1H3. The fourth-order valence-electron chi connectivity index (χ4n) is 3.29. The molecule has 2 N–H and O–H groups in total. The number of hydrogen-bond acceptors (Lipinski definition) is 2. The van der Waals surface area contributed by atoms with E-state index < -0.39 is 5.82 Å². The van der Waals surface area contributed by atoms with Crippen LogP contribution in [0.15, 0.2) is 42.5 Å². The Morgan fingerprint density at radius 1 is 1.17 bits per heavy atom. The van der Waals surface area contributed by atoms with Crippen molar-refractivity contribution in [2.24, 2.45) is 0 Å². The van der Waals surface area contributed by atoms with E-state index in [9.17, 15) is 9.18 Å². The summed E-state index contributed by atoms with van der Waals surface area (Å²) in [6, 6.07) is 12.4. The number of amides is 1. The van der Waals surface area contributed by atoms with Crippen molar-refractivity contribution in [1.29, 1.82) is 0 Å². The topological polar surface area (TPSA) is 46.3 Å². The van der Waals surface area contributed by atoms with Crippen molar-refractivity contribution in [3.8, 4) is 0 Å². The van der Waals surface area contributed by atoms with Crippen LogP contribution < -0.4 is 5.73 Å². The average molecular weight is 312 g/mol. The minimum Gasteiger partial charge on any atom is -0.399 e. The predicted molar refractivity (Wildman–Crippen MR) is 89.6 cm³/mol. The largest absolute Gasteiger partial charge is 0.399 e. The van der Waals surface area contributed by atoms with Crippen LogP contribution in [-0.2, 0) is 0 Å². The Morgan fingerprint density at radius 3 is 2.61 bits per heavy atom. The van der Waals surface area contributed by atoms with E-state index in [2.05, 4.69) is 0 Å². The van der Waals surface area contributed by atoms with Gasteiger partial charge in [0.15, 0.2) is 0 Å². The van der Waals surface area contributed by atoms with Gasteiger partial charge in [0.25, 0.3) is 5.91 Å². The number of nitrogens with two attached hydrogens (primary N) is 1. The number of hydrogen-bond donors (Lipinski definition) is 1. The first-order chi connectivity index (χ1) is 11.1. The number of nitrogens with zero attached hydrogens (tertiary/aromatic N) is 1. The van der Waals surface area contributed by atoms with Gasteiger partial charge in [-0.2, -0.15) is 0 Å². The number of halogens is 1. The number of carbonyl (C=O) groups is 1. The Labute approximate surface area is 135 Å². The van der Waals surface area contributed by atoms with E-state index in [1.54, 1.807) is 24.0 Å². The van der Waals surface area contributed by atoms with Crippen molar-refractivity contribution in [1.82, 2.24) is 4.90 Å². The highest BCUT2D eigenvalue weighted by Gasteiger charge is 2.30. The molecule has 4 heteroatoms. The normalized spacial score (nSPS) is 18.0. The third-order valence-corrected chi connectivity index (χ3v) is 4.52. The second-order valence-corrected chi connectivity index (χ2v) is 6.11. The first-order valence-electron chi connectivity index (χ1n) is 7.99. The van der Waals surface area contributed by atoms with Crippen molar-refractivity contribution < 1.29 is 9.18 Å². The highest BCUT2D eigenvalue weighted by Crippen LogP contribution is 2.33. The first kappa shape index (κ1) is 15.5. The lowest BCUT2D eigenvalue weighted by Crippen LogP contribution is -2.39. The zero-order valence-corrected chi connectivity index (χ0v) is 13.3. The minimum absolute atomic E-state index is 0.0177. The van der Waals surface area contributed by atoms with Gasteiger partial charge in [-0.1, -0.05) is 24.3 Å². The number of rotatable bonds is 2. The van der Waals surface area contributed by atoms with Crippen LogP contribution in [0.1, 0.15) is 46.8 Å². The summed E-state index contributed by atoms with van der Waals surface area (Å²) in [6.07, 6.45) is 2.91. The lowest BCUT2D eigenvalue weighted by Gasteiger charge is -2.36. The van der Waals surface area contributed by atoms with Crippen LogP contribution in [0.25, 0.3) is 0 Å². The van der Waals surface area contributed by atoms with Crippen molar-refractivity contribution in [2.75, 3.05) is 12.3 Å². The summed E-state index contributed by atoms with van der Waals surface area (Å²) >= 11 is 0. The number of piperidine rings is 1. The molecule has 3 rings (SSSR count). The van der Waals surface area contributed by atoms with Crippen LogP contribution in [0, 0.1) is 12.7 Å². The molecular weight excluding hydrogens is 291 g/mol. The highest BCUT2D eigenvalue weighted by atomic mass is 19.1. The maximum Gasteiger partial charge on any atom is 0.257 e. The number of likely N-dealkylation sites (tertiary alicyclic amines) is 1. The van der Waals surface area contributed by atoms with Gasteiger partial charge in [0.2, 0.25) is 0 Å². The van der Waals surface area contributed by atoms with Crippen molar-refractivity contribution in [3.05, 3.63) is 65.0 Å². The molecule has 1 aliphatic heterocycles. The van der Waals surface area contributed by atoms with Crippen LogP contribution in [-0.4, -0.2) is 17.4 Å². The fraction of sp³-hybridized carbons (Fsp3) is 0.316. The van der Waals surface area contributed by atoms with Crippen molar-refractivity contribution in [2.45, 2.75) is 32.2 Å². The summed E-state index contributed by atoms with van der Waals surface area (Å²) in [5, 5.41) is 0. The van der Waals surface area contributed by atoms with E-state index in [4.69, 9.17) is 5.73 Å². The first-order valence-corrected chi connectivity index (χ1v) is 7.99. The van der Waals surface area contributed by atoms with E-state index >= 15 is 0 Å². The zero-order valence-electron chi connectivity index (χ0n) is 13.3. The van der Waals surface area contributed by atoms with Gasteiger partial charge in [0.05, 0.1) is 11.6 Å². The van der Waals surface area contributed by atoms with Gasteiger partial charge in [-0.05, 0) is 55.5 Å². The SMILES string of the molecule is Cc1cccc(F)c1C(=O)N1CCCCC1c1ccc(N)cc1. The highest BCUT2D eigenvalue weighted by molar-refractivity contribution is 5.96. The summed E-state index contributed by atoms with van der Waals surface area (Å²) in [6.45, 7) is 2.43. The maximum absolute atomic E-state index is 14.2. The second kappa shape index (κ2) is 6.41. The van der Waals surface area contributed by atoms with Crippen molar-refractivity contribution >= 4 is 11.6 Å². The molecule has 0 aliphatic carbocycles. The van der Waals surface area contributed by atoms with E-state index in [1.165, 1.54) is 6.07 Å². The second-order valence-electron chi connectivity index (χ2n) is 6.11. The molecule has 1 fully saturated rings. The molecule has 1 atom stereocenters. The fourth-order valence-corrected chi connectivity index (χ4v) is 3.29. The maximum atomic E-state index is 14.2. The van der Waals surface area contributed by atoms with E-state index in [-0.39, 0.29) is 17.5 Å². The smallest absolute Gasteiger partial charge is 0.257 e. The summed E-state index contributed by atoms with van der Waals surface area (Å²) in [5.74, 6) is -0.668. The summed E-state index contributed by atoms with van der Waals surface area (Å²) in [7, 11) is 0. The molecule has 2 aromatic carbocycles. The van der Waals surface area contributed by atoms with Crippen molar-refractivity contribution in [3.63, 3.8) is 0 Å². The molecule has 2 aromatic rings. The quantitative estimate of drug-likeness (QED) is 0.849. The van der Waals surface area contributed by atoms with Crippen LogP contribution in [0.5, 0.6) is 0 Å². The Hall–Kier alpha value is -2.36. The summed E-state index contributed by atoms with van der Waals surface area (Å²) in [5.41, 5.74) is 8.38. The Bertz CT molecular complexity index is 692. The molecule has 1 amide bonds. The molecule has 0 bridgehead atoms. The molecule has 1 aliphatic rings. The van der Waals surface area contributed by atoms with Gasteiger partial charge in [-0.15, -0.1) is 0 Å². The molecule has 0 aromatic heterocycles. The van der Waals surface area contributed by atoms with Gasteiger partial charge in [0, 0.05) is 12.2 Å². The number of anilines is 1. The summed E-state index contributed by atoms with van der Waals surface area (Å²) < 4.78 is 14.2. The third-order valence-electron chi connectivity index (χ3n) is 4.52. The third kappa shape index (κ3) is 3.07. The molecule has 23 heavy (non-hydrogen) atoms. The molecule has 0 spiro atoms. The molecule has 0 saturated carbocycles. The Balaban J connectivity index is 1.95. The molecular formula is C19H21FN2O. The number of benzene rings is 2. The van der Waals surface area contributed by atoms with Crippen LogP contribution in [0.4, 0.5) is 10.1 Å². The van der Waals surface area contributed by atoms with Crippen LogP contribution in [0.2, 0.25) is 0 Å². The molecule has 1 saturated heterocycles. The summed E-state index contributed by atoms with van der Waals surface area (Å²) in [4.78, 5) is 14.8. The number of nitrogen functional groups attached to an aromatic ring is 1. The minimum atomic E-state index is -0.448.